The van der Waals surface area contributed by atoms with Gasteiger partial charge in [-0.15, -0.1) is 0 Å². The third kappa shape index (κ3) is 3.28. The van der Waals surface area contributed by atoms with Gasteiger partial charge in [0.1, 0.15) is 0 Å². The Kier molecular flexibility index (Phi) is 3.96. The van der Waals surface area contributed by atoms with E-state index in [1.54, 1.807) is 18.2 Å². The lowest BCUT2D eigenvalue weighted by Gasteiger charge is -2.04. The number of carbonyl (C=O) groups excluding carboxylic acids is 1. The Balaban J connectivity index is 1.73. The standard InChI is InChI=1S/C15H17N3O3/c19-8-2-7-16-14(20)12-4-1-3-11(9-12)13-17-15(21-18-13)10-5-6-10/h1,3-4,9-10,19H,2,5-8H2,(H,16,20). The van der Waals surface area contributed by atoms with Crippen molar-refractivity contribution in [2.45, 2.75) is 25.2 Å². The molecule has 0 atom stereocenters. The highest BCUT2D eigenvalue weighted by Gasteiger charge is 2.29. The zero-order valence-corrected chi connectivity index (χ0v) is 11.6. The number of aliphatic hydroxyl groups is 1. The number of nitrogens with one attached hydrogen (secondary N) is 1. The van der Waals surface area contributed by atoms with Gasteiger partial charge in [0.25, 0.3) is 5.91 Å². The van der Waals surface area contributed by atoms with Crippen molar-refractivity contribution in [3.63, 3.8) is 0 Å². The van der Waals surface area contributed by atoms with E-state index in [2.05, 4.69) is 15.5 Å². The maximum absolute atomic E-state index is 12.0. The van der Waals surface area contributed by atoms with Crippen molar-refractivity contribution < 1.29 is 14.4 Å². The normalized spacial score (nSPS) is 14.1. The monoisotopic (exact) mass is 287 g/mol. The first kappa shape index (κ1) is 13.8. The van der Waals surface area contributed by atoms with Crippen molar-refractivity contribution in [1.82, 2.24) is 15.5 Å². The second kappa shape index (κ2) is 6.05. The van der Waals surface area contributed by atoms with Crippen LogP contribution in [0.2, 0.25) is 0 Å². The molecule has 0 unspecified atom stereocenters. The number of carbonyl (C=O) groups is 1. The number of hydrogen-bond donors (Lipinski definition) is 2. The summed E-state index contributed by atoms with van der Waals surface area (Å²) in [5, 5.41) is 15.4. The number of benzene rings is 1. The van der Waals surface area contributed by atoms with E-state index in [1.807, 2.05) is 6.07 Å². The molecule has 6 nitrogen and oxygen atoms in total. The highest BCUT2D eigenvalue weighted by atomic mass is 16.5. The molecule has 21 heavy (non-hydrogen) atoms. The minimum atomic E-state index is -0.170. The first-order valence-corrected chi connectivity index (χ1v) is 7.11. The van der Waals surface area contributed by atoms with Crippen LogP contribution in [0.1, 0.15) is 41.4 Å². The van der Waals surface area contributed by atoms with Crippen molar-refractivity contribution >= 4 is 5.91 Å². The van der Waals surface area contributed by atoms with Crippen LogP contribution in [-0.2, 0) is 0 Å². The Bertz CT molecular complexity index is 635. The topological polar surface area (TPSA) is 88.2 Å². The maximum atomic E-state index is 12.0. The second-order valence-electron chi connectivity index (χ2n) is 5.14. The van der Waals surface area contributed by atoms with Crippen LogP contribution in [-0.4, -0.2) is 34.3 Å². The zero-order chi connectivity index (χ0) is 14.7. The van der Waals surface area contributed by atoms with Gasteiger partial charge in [0.2, 0.25) is 11.7 Å². The molecule has 0 bridgehead atoms. The fraction of sp³-hybridized carbons (Fsp3) is 0.400. The summed E-state index contributed by atoms with van der Waals surface area (Å²) in [6.45, 7) is 0.515. The molecule has 3 rings (SSSR count). The third-order valence-corrected chi connectivity index (χ3v) is 3.37. The molecule has 1 fully saturated rings. The van der Waals surface area contributed by atoms with Crippen molar-refractivity contribution in [2.24, 2.45) is 0 Å². The van der Waals surface area contributed by atoms with Crippen LogP contribution in [0.4, 0.5) is 0 Å². The summed E-state index contributed by atoms with van der Waals surface area (Å²) in [6, 6.07) is 7.13. The van der Waals surface area contributed by atoms with Crippen molar-refractivity contribution in [1.29, 1.82) is 0 Å². The second-order valence-corrected chi connectivity index (χ2v) is 5.14. The number of rotatable bonds is 6. The summed E-state index contributed by atoms with van der Waals surface area (Å²) in [4.78, 5) is 16.3. The lowest BCUT2D eigenvalue weighted by atomic mass is 10.1. The fourth-order valence-corrected chi connectivity index (χ4v) is 2.03. The Labute approximate surface area is 122 Å². The van der Waals surface area contributed by atoms with Crippen LogP contribution in [0.25, 0.3) is 11.4 Å². The average molecular weight is 287 g/mol. The zero-order valence-electron chi connectivity index (χ0n) is 11.6. The number of hydrogen-bond acceptors (Lipinski definition) is 5. The minimum absolute atomic E-state index is 0.0626. The summed E-state index contributed by atoms with van der Waals surface area (Å²) in [7, 11) is 0. The Morgan fingerprint density at radius 3 is 3.05 bits per heavy atom. The molecule has 110 valence electrons. The molecule has 1 aliphatic carbocycles. The van der Waals surface area contributed by atoms with Gasteiger partial charge in [-0.3, -0.25) is 4.79 Å². The van der Waals surface area contributed by atoms with Gasteiger partial charge in [0.05, 0.1) is 0 Å². The van der Waals surface area contributed by atoms with E-state index >= 15 is 0 Å². The molecule has 0 spiro atoms. The van der Waals surface area contributed by atoms with E-state index in [4.69, 9.17) is 9.63 Å². The van der Waals surface area contributed by atoms with Gasteiger partial charge in [-0.1, -0.05) is 17.3 Å². The molecule has 2 N–H and O–H groups in total. The van der Waals surface area contributed by atoms with Gasteiger partial charge in [-0.25, -0.2) is 0 Å². The van der Waals surface area contributed by atoms with Crippen LogP contribution >= 0.6 is 0 Å². The lowest BCUT2D eigenvalue weighted by molar-refractivity contribution is 0.0951. The molecule has 6 heteroatoms. The summed E-state index contributed by atoms with van der Waals surface area (Å²) in [5.41, 5.74) is 1.31. The van der Waals surface area contributed by atoms with Gasteiger partial charge in [-0.2, -0.15) is 4.98 Å². The highest BCUT2D eigenvalue weighted by Crippen LogP contribution is 2.39. The van der Waals surface area contributed by atoms with E-state index in [9.17, 15) is 4.79 Å². The Morgan fingerprint density at radius 1 is 1.43 bits per heavy atom. The first-order chi connectivity index (χ1) is 10.3. The first-order valence-electron chi connectivity index (χ1n) is 7.11. The predicted octanol–water partition coefficient (Wildman–Crippen LogP) is 1.73. The Hall–Kier alpha value is -2.21. The van der Waals surface area contributed by atoms with Crippen molar-refractivity contribution in [3.05, 3.63) is 35.7 Å². The predicted molar refractivity (Wildman–Crippen MR) is 75.7 cm³/mol. The number of amides is 1. The van der Waals surface area contributed by atoms with E-state index in [-0.39, 0.29) is 12.5 Å². The molecule has 0 saturated heterocycles. The number of nitrogens with zero attached hydrogens (tertiary/aromatic N) is 2. The molecule has 2 aromatic rings. The molecule has 1 aromatic carbocycles. The summed E-state index contributed by atoms with van der Waals surface area (Å²) in [6.07, 6.45) is 2.75. The minimum Gasteiger partial charge on any atom is -0.396 e. The number of aliphatic hydroxyl groups excluding tert-OH is 1. The smallest absolute Gasteiger partial charge is 0.251 e. The van der Waals surface area contributed by atoms with E-state index in [0.717, 1.165) is 18.4 Å². The van der Waals surface area contributed by atoms with Crippen LogP contribution in [0.5, 0.6) is 0 Å². The summed E-state index contributed by atoms with van der Waals surface area (Å²) >= 11 is 0. The Morgan fingerprint density at radius 2 is 2.29 bits per heavy atom. The highest BCUT2D eigenvalue weighted by molar-refractivity contribution is 5.95. The quantitative estimate of drug-likeness (QED) is 0.790. The van der Waals surface area contributed by atoms with Gasteiger partial charge in [0, 0.05) is 30.2 Å². The van der Waals surface area contributed by atoms with Crippen LogP contribution in [0.15, 0.2) is 28.8 Å². The average Bonchev–Trinajstić information content (AvgIpc) is 3.25. The van der Waals surface area contributed by atoms with Crippen LogP contribution in [0, 0.1) is 0 Å². The third-order valence-electron chi connectivity index (χ3n) is 3.37. The largest absolute Gasteiger partial charge is 0.396 e. The molecular weight excluding hydrogens is 270 g/mol. The molecule has 0 aliphatic heterocycles. The van der Waals surface area contributed by atoms with E-state index in [1.165, 1.54) is 0 Å². The molecule has 1 aliphatic rings. The molecule has 0 radical (unpaired) electrons. The van der Waals surface area contributed by atoms with E-state index < -0.39 is 0 Å². The molecule has 1 aromatic heterocycles. The summed E-state index contributed by atoms with van der Waals surface area (Å²) < 4.78 is 5.23. The fourth-order valence-electron chi connectivity index (χ4n) is 2.03. The molecule has 1 saturated carbocycles. The van der Waals surface area contributed by atoms with Gasteiger partial charge in [0.15, 0.2) is 0 Å². The maximum Gasteiger partial charge on any atom is 0.251 e. The van der Waals surface area contributed by atoms with Gasteiger partial charge in [-0.05, 0) is 31.4 Å². The van der Waals surface area contributed by atoms with Crippen LogP contribution < -0.4 is 5.32 Å². The summed E-state index contributed by atoms with van der Waals surface area (Å²) in [5.74, 6) is 1.44. The van der Waals surface area contributed by atoms with Crippen molar-refractivity contribution in [3.8, 4) is 11.4 Å². The molecular formula is C15H17N3O3. The molecule has 1 heterocycles. The SMILES string of the molecule is O=C(NCCCO)c1cccc(-c2noc(C3CC3)n2)c1. The van der Waals surface area contributed by atoms with Crippen molar-refractivity contribution in [2.75, 3.05) is 13.2 Å². The van der Waals surface area contributed by atoms with Gasteiger partial charge < -0.3 is 14.9 Å². The lowest BCUT2D eigenvalue weighted by Crippen LogP contribution is -2.24. The van der Waals surface area contributed by atoms with Crippen LogP contribution in [0.3, 0.4) is 0 Å². The molecule has 1 amide bonds. The number of aromatic nitrogens is 2. The van der Waals surface area contributed by atoms with E-state index in [0.29, 0.717) is 36.2 Å². The van der Waals surface area contributed by atoms with Gasteiger partial charge >= 0.3 is 0 Å².